The molecule has 3 aliphatic heterocycles. The van der Waals surface area contributed by atoms with Crippen molar-refractivity contribution in [2.24, 2.45) is 5.92 Å². The van der Waals surface area contributed by atoms with E-state index in [2.05, 4.69) is 29.1 Å². The normalized spacial score (nSPS) is 40.2. The van der Waals surface area contributed by atoms with Gasteiger partial charge in [-0.2, -0.15) is 0 Å². The van der Waals surface area contributed by atoms with Crippen molar-refractivity contribution in [3.8, 4) is 0 Å². The van der Waals surface area contributed by atoms with Gasteiger partial charge in [0.15, 0.2) is 0 Å². The fraction of sp³-hybridized carbons (Fsp3) is 0.933. The van der Waals surface area contributed by atoms with E-state index >= 15 is 0 Å². The molecule has 108 valence electrons. The second-order valence-corrected chi connectivity index (χ2v) is 6.61. The molecule has 19 heavy (non-hydrogen) atoms. The minimum absolute atomic E-state index is 0.204. The number of likely N-dealkylation sites (N-methyl/N-ethyl adjacent to an activating group) is 1. The van der Waals surface area contributed by atoms with Gasteiger partial charge in [-0.3, -0.25) is 9.69 Å². The largest absolute Gasteiger partial charge is 0.341 e. The number of nitrogens with one attached hydrogen (secondary N) is 1. The van der Waals surface area contributed by atoms with E-state index in [1.165, 1.54) is 12.8 Å². The second-order valence-electron chi connectivity index (χ2n) is 6.61. The molecule has 1 amide bonds. The maximum Gasteiger partial charge on any atom is 0.227 e. The van der Waals surface area contributed by atoms with Crippen LogP contribution in [-0.4, -0.2) is 60.5 Å². The Morgan fingerprint density at radius 2 is 1.95 bits per heavy atom. The number of hydrogen-bond donors (Lipinski definition) is 1. The van der Waals surface area contributed by atoms with E-state index in [4.69, 9.17) is 0 Å². The fourth-order valence-corrected chi connectivity index (χ4v) is 4.12. The van der Waals surface area contributed by atoms with Crippen LogP contribution in [0.25, 0.3) is 0 Å². The van der Waals surface area contributed by atoms with Gasteiger partial charge in [0.05, 0.1) is 5.92 Å². The van der Waals surface area contributed by atoms with Gasteiger partial charge in [-0.25, -0.2) is 0 Å². The molecule has 4 unspecified atom stereocenters. The Labute approximate surface area is 116 Å². The third-order valence-corrected chi connectivity index (χ3v) is 5.54. The summed E-state index contributed by atoms with van der Waals surface area (Å²) < 4.78 is 0. The number of rotatable bonds is 1. The number of amides is 1. The Hall–Kier alpha value is -0.610. The molecule has 3 saturated heterocycles. The first kappa shape index (κ1) is 13.4. The molecule has 3 rings (SSSR count). The summed E-state index contributed by atoms with van der Waals surface area (Å²) in [5, 5.41) is 3.45. The van der Waals surface area contributed by atoms with Crippen molar-refractivity contribution >= 4 is 5.91 Å². The molecule has 1 N–H and O–H groups in total. The summed E-state index contributed by atoms with van der Waals surface area (Å²) in [6, 6.07) is 1.66. The predicted octanol–water partition coefficient (Wildman–Crippen LogP) is 1.07. The molecule has 0 aromatic rings. The van der Waals surface area contributed by atoms with Gasteiger partial charge in [0, 0.05) is 31.2 Å². The molecule has 2 bridgehead atoms. The van der Waals surface area contributed by atoms with E-state index in [1.54, 1.807) is 0 Å². The molecule has 3 aliphatic rings. The molecule has 0 aliphatic carbocycles. The smallest absolute Gasteiger partial charge is 0.227 e. The summed E-state index contributed by atoms with van der Waals surface area (Å²) in [5.74, 6) is 0.608. The van der Waals surface area contributed by atoms with Crippen molar-refractivity contribution in [2.45, 2.75) is 57.2 Å². The van der Waals surface area contributed by atoms with Crippen LogP contribution in [0.3, 0.4) is 0 Å². The lowest BCUT2D eigenvalue weighted by atomic mass is 9.90. The van der Waals surface area contributed by atoms with Gasteiger partial charge in [-0.05, 0) is 52.6 Å². The van der Waals surface area contributed by atoms with Gasteiger partial charge < -0.3 is 10.2 Å². The first-order chi connectivity index (χ1) is 9.16. The zero-order valence-electron chi connectivity index (χ0n) is 12.3. The van der Waals surface area contributed by atoms with Gasteiger partial charge in [-0.1, -0.05) is 0 Å². The Morgan fingerprint density at radius 1 is 1.16 bits per heavy atom. The summed E-state index contributed by atoms with van der Waals surface area (Å²) in [4.78, 5) is 17.4. The Kier molecular flexibility index (Phi) is 3.81. The zero-order chi connectivity index (χ0) is 13.4. The van der Waals surface area contributed by atoms with Crippen molar-refractivity contribution < 1.29 is 4.79 Å². The SMILES string of the molecule is CC1NCCCC1C(=O)N1CCC2CCC(C1)N2C. The third-order valence-electron chi connectivity index (χ3n) is 5.54. The van der Waals surface area contributed by atoms with Crippen LogP contribution in [0.1, 0.15) is 39.0 Å². The van der Waals surface area contributed by atoms with Crippen LogP contribution in [0.4, 0.5) is 0 Å². The fourth-order valence-electron chi connectivity index (χ4n) is 4.12. The number of likely N-dealkylation sites (tertiary alicyclic amines) is 1. The summed E-state index contributed by atoms with van der Waals surface area (Å²) >= 11 is 0. The summed E-state index contributed by atoms with van der Waals surface area (Å²) in [5.41, 5.74) is 0. The lowest BCUT2D eigenvalue weighted by Crippen LogP contribution is -2.50. The second kappa shape index (κ2) is 5.41. The van der Waals surface area contributed by atoms with Gasteiger partial charge in [-0.15, -0.1) is 0 Å². The van der Waals surface area contributed by atoms with Crippen molar-refractivity contribution in [3.05, 3.63) is 0 Å². The van der Waals surface area contributed by atoms with E-state index < -0.39 is 0 Å². The van der Waals surface area contributed by atoms with E-state index in [1.807, 2.05) is 0 Å². The average molecular weight is 265 g/mol. The molecule has 3 fully saturated rings. The number of hydrogen-bond acceptors (Lipinski definition) is 3. The number of fused-ring (bicyclic) bond motifs is 2. The average Bonchev–Trinajstić information content (AvgIpc) is 2.63. The number of piperidine rings is 1. The minimum Gasteiger partial charge on any atom is -0.341 e. The highest BCUT2D eigenvalue weighted by Gasteiger charge is 2.38. The summed E-state index contributed by atoms with van der Waals surface area (Å²) in [7, 11) is 2.24. The van der Waals surface area contributed by atoms with Crippen LogP contribution in [0.5, 0.6) is 0 Å². The van der Waals surface area contributed by atoms with Crippen LogP contribution in [0.2, 0.25) is 0 Å². The standard InChI is InChI=1S/C15H27N3O/c1-11-14(4-3-8-16-11)15(19)18-9-7-12-5-6-13(10-18)17(12)2/h11-14,16H,3-10H2,1-2H3. The molecule has 3 heterocycles. The maximum absolute atomic E-state index is 12.8. The third kappa shape index (κ3) is 2.52. The lowest BCUT2D eigenvalue weighted by Gasteiger charge is -2.34. The van der Waals surface area contributed by atoms with Crippen LogP contribution in [-0.2, 0) is 4.79 Å². The monoisotopic (exact) mass is 265 g/mol. The van der Waals surface area contributed by atoms with Crippen molar-refractivity contribution in [1.29, 1.82) is 0 Å². The molecule has 0 spiro atoms. The molecule has 4 heteroatoms. The van der Waals surface area contributed by atoms with Crippen LogP contribution in [0.15, 0.2) is 0 Å². The Morgan fingerprint density at radius 3 is 2.74 bits per heavy atom. The highest BCUT2D eigenvalue weighted by atomic mass is 16.2. The molecule has 4 nitrogen and oxygen atoms in total. The van der Waals surface area contributed by atoms with Gasteiger partial charge in [0.25, 0.3) is 0 Å². The minimum atomic E-state index is 0.204. The van der Waals surface area contributed by atoms with Crippen LogP contribution in [0, 0.1) is 5.92 Å². The molecule has 4 atom stereocenters. The van der Waals surface area contributed by atoms with Crippen molar-refractivity contribution in [1.82, 2.24) is 15.1 Å². The first-order valence-corrected chi connectivity index (χ1v) is 7.91. The first-order valence-electron chi connectivity index (χ1n) is 7.91. The topological polar surface area (TPSA) is 35.6 Å². The maximum atomic E-state index is 12.8. The Bertz CT molecular complexity index is 346. The van der Waals surface area contributed by atoms with E-state index in [0.29, 0.717) is 24.0 Å². The van der Waals surface area contributed by atoms with Crippen molar-refractivity contribution in [3.63, 3.8) is 0 Å². The summed E-state index contributed by atoms with van der Waals surface area (Å²) in [6.07, 6.45) is 5.95. The molecular weight excluding hydrogens is 238 g/mol. The lowest BCUT2D eigenvalue weighted by molar-refractivity contribution is -0.137. The van der Waals surface area contributed by atoms with Crippen LogP contribution < -0.4 is 5.32 Å². The Balaban J connectivity index is 1.66. The van der Waals surface area contributed by atoms with Gasteiger partial charge in [0.1, 0.15) is 0 Å². The van der Waals surface area contributed by atoms with E-state index in [9.17, 15) is 4.79 Å². The molecule has 0 aromatic heterocycles. The predicted molar refractivity (Wildman–Crippen MR) is 76.0 cm³/mol. The van der Waals surface area contributed by atoms with E-state index in [0.717, 1.165) is 38.9 Å². The quantitative estimate of drug-likeness (QED) is 0.770. The van der Waals surface area contributed by atoms with E-state index in [-0.39, 0.29) is 5.92 Å². The number of carbonyl (C=O) groups excluding carboxylic acids is 1. The highest BCUT2D eigenvalue weighted by molar-refractivity contribution is 5.79. The number of nitrogens with zero attached hydrogens (tertiary/aromatic N) is 2. The molecule has 0 aromatic carbocycles. The zero-order valence-corrected chi connectivity index (χ0v) is 12.3. The van der Waals surface area contributed by atoms with Crippen LogP contribution >= 0.6 is 0 Å². The highest BCUT2D eigenvalue weighted by Crippen LogP contribution is 2.30. The molecule has 0 radical (unpaired) electrons. The molecule has 0 saturated carbocycles. The summed E-state index contributed by atoms with van der Waals surface area (Å²) in [6.45, 7) is 5.15. The van der Waals surface area contributed by atoms with Crippen molar-refractivity contribution in [2.75, 3.05) is 26.7 Å². The van der Waals surface area contributed by atoms with Gasteiger partial charge >= 0.3 is 0 Å². The van der Waals surface area contributed by atoms with Gasteiger partial charge in [0.2, 0.25) is 5.91 Å². The number of carbonyl (C=O) groups is 1. The molecular formula is C15H27N3O.